The van der Waals surface area contributed by atoms with E-state index in [1.54, 1.807) is 40.1 Å². The van der Waals surface area contributed by atoms with Crippen molar-refractivity contribution in [1.82, 2.24) is 29.3 Å². The largest absolute Gasteiger partial charge is 0.491 e. The third kappa shape index (κ3) is 7.36. The van der Waals surface area contributed by atoms with Crippen LogP contribution in [0, 0.1) is 0 Å². The van der Waals surface area contributed by atoms with Gasteiger partial charge in [-0.3, -0.25) is 0 Å². The van der Waals surface area contributed by atoms with Crippen molar-refractivity contribution in [2.75, 3.05) is 49.2 Å². The highest BCUT2D eigenvalue weighted by atomic mass is 35.5. The number of piperazine rings is 1. The number of hydrogen-bond donors (Lipinski definition) is 0. The van der Waals surface area contributed by atoms with E-state index in [0.29, 0.717) is 28.8 Å². The third-order valence-corrected chi connectivity index (χ3v) is 10.2. The molecule has 2 aromatic heterocycles. The molecule has 2 aliphatic rings. The van der Waals surface area contributed by atoms with E-state index in [1.165, 1.54) is 16.0 Å². The molecule has 2 aliphatic heterocycles. The maximum Gasteiger partial charge on any atom is 0.350 e. The van der Waals surface area contributed by atoms with Crippen LogP contribution in [0.15, 0.2) is 84.2 Å². The Morgan fingerprint density at radius 2 is 1.65 bits per heavy atom. The first-order valence-corrected chi connectivity index (χ1v) is 18.2. The lowest BCUT2D eigenvalue weighted by Crippen LogP contribution is -2.46. The van der Waals surface area contributed by atoms with E-state index in [2.05, 4.69) is 63.2 Å². The molecule has 4 heterocycles. The average molecular weight is 734 g/mol. The Labute approximate surface area is 307 Å². The van der Waals surface area contributed by atoms with Gasteiger partial charge in [0.1, 0.15) is 31.3 Å². The maximum absolute atomic E-state index is 12.9. The van der Waals surface area contributed by atoms with Gasteiger partial charge < -0.3 is 24.0 Å². The number of ether oxygens (including phenoxy) is 3. The molecule has 14 heteroatoms. The van der Waals surface area contributed by atoms with Crippen LogP contribution in [-0.2, 0) is 28.2 Å². The van der Waals surface area contributed by atoms with E-state index in [1.807, 2.05) is 31.2 Å². The van der Waals surface area contributed by atoms with Gasteiger partial charge in [-0.2, -0.15) is 20.1 Å². The van der Waals surface area contributed by atoms with Gasteiger partial charge in [-0.1, -0.05) is 43.1 Å². The molecule has 5 aromatic rings. The van der Waals surface area contributed by atoms with Crippen molar-refractivity contribution in [2.45, 2.75) is 58.1 Å². The van der Waals surface area contributed by atoms with Gasteiger partial charge >= 0.3 is 5.69 Å². The minimum absolute atomic E-state index is 0.0627. The average Bonchev–Trinajstić information content (AvgIpc) is 3.91. The highest BCUT2D eigenvalue weighted by molar-refractivity contribution is 6.35. The second-order valence-corrected chi connectivity index (χ2v) is 13.8. The number of aryl methyl sites for hydroxylation is 1. The zero-order valence-electron chi connectivity index (χ0n) is 29.0. The molecule has 3 unspecified atom stereocenters. The lowest BCUT2D eigenvalue weighted by Gasteiger charge is -2.38. The number of aromatic nitrogens is 6. The molecule has 0 saturated carbocycles. The Morgan fingerprint density at radius 1 is 0.922 bits per heavy atom. The van der Waals surface area contributed by atoms with Gasteiger partial charge in [0.15, 0.2) is 0 Å². The first kappa shape index (κ1) is 35.1. The highest BCUT2D eigenvalue weighted by Gasteiger charge is 2.46. The van der Waals surface area contributed by atoms with Crippen LogP contribution >= 0.6 is 23.2 Å². The van der Waals surface area contributed by atoms with Crippen LogP contribution in [-0.4, -0.2) is 74.8 Å². The smallest absolute Gasteiger partial charge is 0.350 e. The second-order valence-electron chi connectivity index (χ2n) is 12.9. The van der Waals surface area contributed by atoms with Gasteiger partial charge in [0.25, 0.3) is 0 Å². The third-order valence-electron chi connectivity index (χ3n) is 9.70. The monoisotopic (exact) mass is 732 g/mol. The van der Waals surface area contributed by atoms with Crippen LogP contribution in [0.25, 0.3) is 5.69 Å². The second kappa shape index (κ2) is 15.1. The Hall–Kier alpha value is -4.36. The quantitative estimate of drug-likeness (QED) is 0.150. The van der Waals surface area contributed by atoms with E-state index in [0.717, 1.165) is 56.1 Å². The molecule has 7 rings (SSSR count). The molecule has 0 N–H and O–H groups in total. The van der Waals surface area contributed by atoms with Gasteiger partial charge in [-0.25, -0.2) is 14.0 Å². The van der Waals surface area contributed by atoms with Crippen molar-refractivity contribution < 1.29 is 14.2 Å². The van der Waals surface area contributed by atoms with Crippen LogP contribution < -0.4 is 20.2 Å². The summed E-state index contributed by atoms with van der Waals surface area (Å²) in [5, 5.41) is 13.8. The summed E-state index contributed by atoms with van der Waals surface area (Å²) in [5.41, 5.74) is 4.95. The van der Waals surface area contributed by atoms with Crippen LogP contribution in [0.3, 0.4) is 0 Å². The molecule has 2 fully saturated rings. The molecule has 51 heavy (non-hydrogen) atoms. The zero-order valence-corrected chi connectivity index (χ0v) is 30.5. The van der Waals surface area contributed by atoms with Gasteiger partial charge in [0.2, 0.25) is 5.79 Å². The fraction of sp³-hybridized carbons (Fsp3) is 0.405. The van der Waals surface area contributed by atoms with Crippen molar-refractivity contribution in [3.05, 3.63) is 111 Å². The molecule has 3 aromatic carbocycles. The van der Waals surface area contributed by atoms with E-state index in [9.17, 15) is 4.79 Å². The van der Waals surface area contributed by atoms with Crippen molar-refractivity contribution in [2.24, 2.45) is 0 Å². The van der Waals surface area contributed by atoms with Crippen molar-refractivity contribution >= 4 is 34.6 Å². The summed E-state index contributed by atoms with van der Waals surface area (Å²) in [6.45, 7) is 10.6. The standard InChI is InChI=1S/C37H42Cl2N8O4/c1-4-26(3)47-36(48)45(25-42-47)30-9-7-29(8-10-30)43-16-18-44(19-17-43)35-13-11-31(20-27(35)5-2)49-22-32-23-50-37(51-32,24-46-40-14-15-41-46)33-12-6-28(38)21-34(33)39/h6-15,20-21,25-26,32H,4-5,16-19,22-24H2,1-3H3. The van der Waals surface area contributed by atoms with Crippen molar-refractivity contribution in [1.29, 1.82) is 0 Å². The Balaban J connectivity index is 0.965. The van der Waals surface area contributed by atoms with Crippen LogP contribution in [0.1, 0.15) is 44.4 Å². The summed E-state index contributed by atoms with van der Waals surface area (Å²) in [7, 11) is 0. The first-order valence-electron chi connectivity index (χ1n) is 17.4. The molecule has 0 bridgehead atoms. The predicted molar refractivity (Wildman–Crippen MR) is 198 cm³/mol. The van der Waals surface area contributed by atoms with Crippen LogP contribution in [0.5, 0.6) is 5.75 Å². The van der Waals surface area contributed by atoms with Crippen molar-refractivity contribution in [3.8, 4) is 11.4 Å². The Kier molecular flexibility index (Phi) is 10.4. The van der Waals surface area contributed by atoms with Crippen LogP contribution in [0.2, 0.25) is 10.0 Å². The zero-order chi connectivity index (χ0) is 35.5. The molecule has 0 aliphatic carbocycles. The topological polar surface area (TPSA) is 105 Å². The minimum Gasteiger partial charge on any atom is -0.491 e. The SMILES string of the molecule is CCc1cc(OCC2COC(Cn3nccn3)(c3ccc(Cl)cc3Cl)O2)ccc1N1CCN(c2ccc(-n3cnn(C(C)CC)c3=O)cc2)CC1. The number of nitrogens with zero attached hydrogens (tertiary/aromatic N) is 8. The minimum atomic E-state index is -1.19. The number of anilines is 2. The molecule has 3 atom stereocenters. The summed E-state index contributed by atoms with van der Waals surface area (Å²) >= 11 is 12.8. The van der Waals surface area contributed by atoms with Crippen molar-refractivity contribution in [3.63, 3.8) is 0 Å². The predicted octanol–water partition coefficient (Wildman–Crippen LogP) is 6.14. The molecule has 0 spiro atoms. The normalized spacial score (nSPS) is 19.8. The van der Waals surface area contributed by atoms with Gasteiger partial charge in [0, 0.05) is 48.1 Å². The van der Waals surface area contributed by atoms with Gasteiger partial charge in [-0.05, 0) is 79.9 Å². The highest BCUT2D eigenvalue weighted by Crippen LogP contribution is 2.40. The van der Waals surface area contributed by atoms with E-state index < -0.39 is 5.79 Å². The first-order chi connectivity index (χ1) is 24.8. The van der Waals surface area contributed by atoms with Gasteiger partial charge in [0.05, 0.1) is 35.8 Å². The summed E-state index contributed by atoms with van der Waals surface area (Å²) in [6.07, 6.45) is 6.20. The number of hydrogen-bond acceptors (Lipinski definition) is 9. The lowest BCUT2D eigenvalue weighted by molar-refractivity contribution is -0.192. The summed E-state index contributed by atoms with van der Waals surface area (Å²) in [6, 6.07) is 19.8. The summed E-state index contributed by atoms with van der Waals surface area (Å²) in [4.78, 5) is 19.2. The fourth-order valence-corrected chi connectivity index (χ4v) is 7.25. The maximum atomic E-state index is 12.9. The summed E-state index contributed by atoms with van der Waals surface area (Å²) in [5.74, 6) is -0.406. The Morgan fingerprint density at radius 3 is 2.35 bits per heavy atom. The van der Waals surface area contributed by atoms with Crippen LogP contribution in [0.4, 0.5) is 11.4 Å². The van der Waals surface area contributed by atoms with E-state index in [4.69, 9.17) is 37.4 Å². The number of halogens is 2. The summed E-state index contributed by atoms with van der Waals surface area (Å²) < 4.78 is 22.2. The van der Waals surface area contributed by atoms with E-state index >= 15 is 0 Å². The lowest BCUT2D eigenvalue weighted by atomic mass is 10.1. The molecular weight excluding hydrogens is 691 g/mol. The van der Waals surface area contributed by atoms with E-state index in [-0.39, 0.29) is 24.4 Å². The number of rotatable bonds is 12. The Bertz CT molecular complexity index is 1990. The fourth-order valence-electron chi connectivity index (χ4n) is 6.70. The molecular formula is C37H42Cl2N8O4. The molecule has 0 amide bonds. The molecule has 12 nitrogen and oxygen atoms in total. The molecule has 268 valence electrons. The number of benzene rings is 3. The molecule has 2 saturated heterocycles. The molecule has 0 radical (unpaired) electrons. The van der Waals surface area contributed by atoms with Gasteiger partial charge in [-0.15, -0.1) is 0 Å².